The van der Waals surface area contributed by atoms with Crippen LogP contribution < -0.4 is 21.3 Å². The lowest BCUT2D eigenvalue weighted by molar-refractivity contribution is -0.125. The van der Waals surface area contributed by atoms with E-state index in [4.69, 9.17) is 10.6 Å². The predicted octanol–water partition coefficient (Wildman–Crippen LogP) is 3.12. The maximum atomic E-state index is 14.8. The molecule has 10 nitrogen and oxygen atoms in total. The molecule has 2 unspecified atom stereocenters. The first-order valence-corrected chi connectivity index (χ1v) is 13.6. The van der Waals surface area contributed by atoms with Crippen molar-refractivity contribution in [2.24, 2.45) is 11.8 Å². The molecule has 1 aliphatic heterocycles. The van der Waals surface area contributed by atoms with Gasteiger partial charge in [0.25, 0.3) is 5.91 Å². The Morgan fingerprint density at radius 3 is 2.83 bits per heavy atom. The Hall–Kier alpha value is -4.19. The molecule has 214 valence electrons. The number of amides is 1. The predicted molar refractivity (Wildman–Crippen MR) is 153 cm³/mol. The zero-order valence-corrected chi connectivity index (χ0v) is 23.1. The van der Waals surface area contributed by atoms with Gasteiger partial charge in [0.1, 0.15) is 17.3 Å². The maximum absolute atomic E-state index is 14.8. The number of Topliss-reactive ketones (excluding diaryl/α,β-unsaturated/α-hetero) is 1. The monoisotopic (exact) mass is 559 g/mol. The maximum Gasteiger partial charge on any atom is 0.251 e. The van der Waals surface area contributed by atoms with Crippen molar-refractivity contribution in [2.75, 3.05) is 26.7 Å². The van der Waals surface area contributed by atoms with Gasteiger partial charge >= 0.3 is 0 Å². The van der Waals surface area contributed by atoms with Crippen LogP contribution in [0.25, 0.3) is 22.2 Å². The van der Waals surface area contributed by atoms with E-state index in [0.29, 0.717) is 36.4 Å². The van der Waals surface area contributed by atoms with E-state index in [2.05, 4.69) is 25.9 Å². The summed E-state index contributed by atoms with van der Waals surface area (Å²) in [6.45, 7) is 3.07. The summed E-state index contributed by atoms with van der Waals surface area (Å²) in [5.41, 5.74) is 6.75. The SMILES string of the molecule is COc1cccc(F)c1CN1CC(CNC(=O)c2ccc3[nH]nc(-c4ccnc(C)c4)c3c2)CCC1C(=O)CNN. The molecule has 3 heterocycles. The highest BCUT2D eigenvalue weighted by molar-refractivity contribution is 6.01. The number of likely N-dealkylation sites (tertiary alicyclic amines) is 1. The number of carbonyl (C=O) groups is 2. The molecule has 0 aliphatic carbocycles. The van der Waals surface area contributed by atoms with E-state index < -0.39 is 6.04 Å². The van der Waals surface area contributed by atoms with Crippen LogP contribution in [0.1, 0.15) is 34.5 Å². The first-order valence-electron chi connectivity index (χ1n) is 13.6. The lowest BCUT2D eigenvalue weighted by Gasteiger charge is -2.39. The summed E-state index contributed by atoms with van der Waals surface area (Å²) in [5, 5.41) is 11.4. The average Bonchev–Trinajstić information content (AvgIpc) is 3.40. The lowest BCUT2D eigenvalue weighted by atomic mass is 9.89. The van der Waals surface area contributed by atoms with Gasteiger partial charge in [-0.05, 0) is 68.1 Å². The second-order valence-electron chi connectivity index (χ2n) is 10.4. The topological polar surface area (TPSA) is 138 Å². The molecule has 0 bridgehead atoms. The highest BCUT2D eigenvalue weighted by atomic mass is 19.1. The third-order valence-corrected chi connectivity index (χ3v) is 7.63. The van der Waals surface area contributed by atoms with E-state index in [1.807, 2.05) is 36.1 Å². The number of halogens is 1. The van der Waals surface area contributed by atoms with Crippen LogP contribution in [-0.4, -0.2) is 64.6 Å². The number of rotatable bonds is 10. The molecule has 5 N–H and O–H groups in total. The highest BCUT2D eigenvalue weighted by Crippen LogP contribution is 2.30. The van der Waals surface area contributed by atoms with Crippen LogP contribution in [0.15, 0.2) is 54.7 Å². The number of piperidine rings is 1. The Morgan fingerprint density at radius 1 is 1.20 bits per heavy atom. The van der Waals surface area contributed by atoms with Crippen molar-refractivity contribution in [2.45, 2.75) is 32.4 Å². The summed E-state index contributed by atoms with van der Waals surface area (Å²) in [7, 11) is 1.50. The third kappa shape index (κ3) is 6.27. The van der Waals surface area contributed by atoms with Crippen LogP contribution in [0.4, 0.5) is 4.39 Å². The van der Waals surface area contributed by atoms with E-state index in [0.717, 1.165) is 34.3 Å². The van der Waals surface area contributed by atoms with Gasteiger partial charge in [-0.1, -0.05) is 6.07 Å². The minimum absolute atomic E-state index is 0.0223. The summed E-state index contributed by atoms with van der Waals surface area (Å²) in [5.74, 6) is 5.27. The van der Waals surface area contributed by atoms with Crippen LogP contribution >= 0.6 is 0 Å². The van der Waals surface area contributed by atoms with Crippen molar-refractivity contribution in [1.82, 2.24) is 30.8 Å². The molecule has 0 radical (unpaired) electrons. The van der Waals surface area contributed by atoms with Gasteiger partial charge in [-0.25, -0.2) is 4.39 Å². The number of hydrogen-bond acceptors (Lipinski definition) is 8. The number of methoxy groups -OCH3 is 1. The summed E-state index contributed by atoms with van der Waals surface area (Å²) in [4.78, 5) is 32.3. The smallest absolute Gasteiger partial charge is 0.251 e. The molecule has 41 heavy (non-hydrogen) atoms. The highest BCUT2D eigenvalue weighted by Gasteiger charge is 2.33. The van der Waals surface area contributed by atoms with Gasteiger partial charge in [-0.3, -0.25) is 35.8 Å². The molecule has 5 rings (SSSR count). The molecular formula is C30H34FN7O3. The molecule has 2 aromatic heterocycles. The van der Waals surface area contributed by atoms with E-state index in [9.17, 15) is 14.0 Å². The Labute approximate surface area is 237 Å². The first kappa shape index (κ1) is 28.3. The molecule has 11 heteroatoms. The number of aromatic nitrogens is 3. The van der Waals surface area contributed by atoms with Crippen molar-refractivity contribution >= 4 is 22.6 Å². The molecule has 1 amide bonds. The van der Waals surface area contributed by atoms with Crippen LogP contribution in [0.5, 0.6) is 5.75 Å². The van der Waals surface area contributed by atoms with Gasteiger partial charge in [0.05, 0.1) is 25.2 Å². The molecule has 2 atom stereocenters. The fourth-order valence-electron chi connectivity index (χ4n) is 5.54. The number of hydrogen-bond donors (Lipinski definition) is 4. The molecule has 0 saturated carbocycles. The molecular weight excluding hydrogens is 525 g/mol. The van der Waals surface area contributed by atoms with Gasteiger partial charge in [0.2, 0.25) is 0 Å². The van der Waals surface area contributed by atoms with Crippen molar-refractivity contribution < 1.29 is 18.7 Å². The summed E-state index contributed by atoms with van der Waals surface area (Å²) < 4.78 is 20.1. The number of H-pyrrole nitrogens is 1. The van der Waals surface area contributed by atoms with E-state index in [1.54, 1.807) is 24.4 Å². The van der Waals surface area contributed by atoms with Crippen molar-refractivity contribution in [1.29, 1.82) is 0 Å². The second-order valence-corrected chi connectivity index (χ2v) is 10.4. The van der Waals surface area contributed by atoms with E-state index in [-0.39, 0.29) is 36.5 Å². The number of pyridine rings is 1. The molecule has 1 saturated heterocycles. The zero-order chi connectivity index (χ0) is 28.9. The van der Waals surface area contributed by atoms with Gasteiger partial charge in [-0.15, -0.1) is 0 Å². The van der Waals surface area contributed by atoms with Crippen molar-refractivity contribution in [3.63, 3.8) is 0 Å². The normalized spacial score (nSPS) is 17.5. The van der Waals surface area contributed by atoms with Crippen LogP contribution in [-0.2, 0) is 11.3 Å². The number of nitrogens with zero attached hydrogens (tertiary/aromatic N) is 3. The standard InChI is InChI=1S/C30H34FN7O3/c1-18-12-20(10-11-33-18)29-22-13-21(7-8-25(22)36-37-29)30(40)34-14-19-6-9-26(27(39)15-35-32)38(16-19)17-23-24(31)4-3-5-28(23)41-2/h3-5,7-8,10-13,19,26,35H,6,9,14-17,32H2,1-2H3,(H,34,40)(H,36,37). The van der Waals surface area contributed by atoms with Crippen molar-refractivity contribution in [3.05, 3.63) is 77.4 Å². The molecule has 2 aromatic carbocycles. The number of benzene rings is 2. The Balaban J connectivity index is 1.30. The number of carbonyl (C=O) groups excluding carboxylic acids is 2. The van der Waals surface area contributed by atoms with Crippen molar-refractivity contribution in [3.8, 4) is 17.0 Å². The fourth-order valence-corrected chi connectivity index (χ4v) is 5.54. The zero-order valence-electron chi connectivity index (χ0n) is 23.1. The number of nitrogens with one attached hydrogen (secondary N) is 3. The summed E-state index contributed by atoms with van der Waals surface area (Å²) in [6.07, 6.45) is 3.05. The van der Waals surface area contributed by atoms with Crippen LogP contribution in [0.3, 0.4) is 0 Å². The number of aryl methyl sites for hydroxylation is 1. The van der Waals surface area contributed by atoms with Crippen LogP contribution in [0.2, 0.25) is 0 Å². The fraction of sp³-hybridized carbons (Fsp3) is 0.333. The van der Waals surface area contributed by atoms with E-state index in [1.165, 1.54) is 13.2 Å². The number of fused-ring (bicyclic) bond motifs is 1. The quantitative estimate of drug-likeness (QED) is 0.172. The largest absolute Gasteiger partial charge is 0.496 e. The van der Waals surface area contributed by atoms with Crippen LogP contribution in [0, 0.1) is 18.7 Å². The summed E-state index contributed by atoms with van der Waals surface area (Å²) >= 11 is 0. The Morgan fingerprint density at radius 2 is 2.05 bits per heavy atom. The average molecular weight is 560 g/mol. The number of ether oxygens (including phenoxy) is 1. The Kier molecular flexibility index (Phi) is 8.67. The van der Waals surface area contributed by atoms with E-state index >= 15 is 0 Å². The minimum atomic E-state index is -0.416. The molecule has 4 aromatic rings. The molecule has 0 spiro atoms. The van der Waals surface area contributed by atoms with Gasteiger partial charge < -0.3 is 10.1 Å². The molecule has 1 aliphatic rings. The number of ketones is 1. The first-order chi connectivity index (χ1) is 19.9. The Bertz CT molecular complexity index is 1560. The minimum Gasteiger partial charge on any atom is -0.496 e. The van der Waals surface area contributed by atoms with Gasteiger partial charge in [0.15, 0.2) is 5.78 Å². The molecule has 1 fully saturated rings. The summed E-state index contributed by atoms with van der Waals surface area (Å²) in [6, 6.07) is 13.6. The number of hydrazine groups is 1. The van der Waals surface area contributed by atoms with Gasteiger partial charge in [-0.2, -0.15) is 5.10 Å². The third-order valence-electron chi connectivity index (χ3n) is 7.63. The number of aromatic amines is 1. The second kappa shape index (κ2) is 12.5. The lowest BCUT2D eigenvalue weighted by Crippen LogP contribution is -2.51. The number of nitrogens with two attached hydrogens (primary N) is 1. The van der Waals surface area contributed by atoms with Gasteiger partial charge in [0, 0.05) is 53.6 Å².